The maximum atomic E-state index is 12.1. The molecule has 2 aromatic carbocycles. The molecule has 3 N–H and O–H groups in total. The van der Waals surface area contributed by atoms with Crippen molar-refractivity contribution in [1.29, 1.82) is 0 Å². The van der Waals surface area contributed by atoms with Gasteiger partial charge in [0.25, 0.3) is 5.91 Å². The lowest BCUT2D eigenvalue weighted by Crippen LogP contribution is -2.45. The molecule has 0 atom stereocenters. The van der Waals surface area contributed by atoms with Gasteiger partial charge in [-0.1, -0.05) is 37.3 Å². The normalized spacial score (nSPS) is 10.4. The van der Waals surface area contributed by atoms with Gasteiger partial charge in [0.2, 0.25) is 0 Å². The van der Waals surface area contributed by atoms with Crippen LogP contribution in [0.5, 0.6) is 0 Å². The molecule has 1 aromatic heterocycles. The quantitative estimate of drug-likeness (QED) is 0.497. The maximum Gasteiger partial charge on any atom is 0.258 e. The summed E-state index contributed by atoms with van der Waals surface area (Å²) in [4.78, 5) is 16.4. The van der Waals surface area contributed by atoms with Gasteiger partial charge in [0.05, 0.1) is 17.4 Å². The number of nitrogens with one attached hydrogen (secondary N) is 3. The molecule has 0 bridgehead atoms. The number of imidazole rings is 1. The second-order valence-electron chi connectivity index (χ2n) is 5.50. The SMILES string of the molecule is CCc1ccccc1NC(=S)NNC(=O)Cn1cnc2ccccc21. The number of hydrogen-bond acceptors (Lipinski definition) is 3. The summed E-state index contributed by atoms with van der Waals surface area (Å²) in [5, 5.41) is 3.43. The smallest absolute Gasteiger partial charge is 0.258 e. The van der Waals surface area contributed by atoms with Crippen LogP contribution in [0.15, 0.2) is 54.9 Å². The Balaban J connectivity index is 1.54. The molecule has 3 aromatic rings. The largest absolute Gasteiger partial charge is 0.331 e. The highest BCUT2D eigenvalue weighted by Crippen LogP contribution is 2.15. The van der Waals surface area contributed by atoms with Crippen LogP contribution in [0.1, 0.15) is 12.5 Å². The minimum atomic E-state index is -0.212. The Labute approximate surface area is 151 Å². The highest BCUT2D eigenvalue weighted by molar-refractivity contribution is 7.80. The second kappa shape index (κ2) is 7.76. The molecule has 0 aliphatic carbocycles. The van der Waals surface area contributed by atoms with E-state index in [1.54, 1.807) is 10.9 Å². The Morgan fingerprint density at radius 3 is 2.72 bits per heavy atom. The molecule has 0 saturated carbocycles. The molecule has 0 fully saturated rings. The number of aryl methyl sites for hydroxylation is 1. The van der Waals surface area contributed by atoms with E-state index in [0.29, 0.717) is 5.11 Å². The van der Waals surface area contributed by atoms with Crippen LogP contribution in [0.25, 0.3) is 11.0 Å². The van der Waals surface area contributed by atoms with E-state index in [1.165, 1.54) is 0 Å². The van der Waals surface area contributed by atoms with Gasteiger partial charge in [-0.25, -0.2) is 4.98 Å². The Kier molecular flexibility index (Phi) is 5.25. The molecule has 0 aliphatic heterocycles. The van der Waals surface area contributed by atoms with Gasteiger partial charge in [0, 0.05) is 5.69 Å². The minimum absolute atomic E-state index is 0.154. The predicted octanol–water partition coefficient (Wildman–Crippen LogP) is 2.62. The summed E-state index contributed by atoms with van der Waals surface area (Å²) >= 11 is 5.23. The first-order valence-electron chi connectivity index (χ1n) is 8.01. The first-order chi connectivity index (χ1) is 12.2. The molecule has 0 saturated heterocycles. The van der Waals surface area contributed by atoms with Gasteiger partial charge >= 0.3 is 0 Å². The number of fused-ring (bicyclic) bond motifs is 1. The van der Waals surface area contributed by atoms with Crippen LogP contribution in [0.3, 0.4) is 0 Å². The number of thiocarbonyl (C=S) groups is 1. The lowest BCUT2D eigenvalue weighted by molar-refractivity contribution is -0.122. The highest BCUT2D eigenvalue weighted by Gasteiger charge is 2.08. The van der Waals surface area contributed by atoms with Gasteiger partial charge in [0.1, 0.15) is 6.54 Å². The van der Waals surface area contributed by atoms with E-state index in [9.17, 15) is 4.79 Å². The molecule has 6 nitrogen and oxygen atoms in total. The molecule has 0 unspecified atom stereocenters. The molecule has 25 heavy (non-hydrogen) atoms. The van der Waals surface area contributed by atoms with Crippen molar-refractivity contribution in [2.24, 2.45) is 0 Å². The summed E-state index contributed by atoms with van der Waals surface area (Å²) in [5.74, 6) is -0.212. The molecule has 0 spiro atoms. The van der Waals surface area contributed by atoms with Gasteiger partial charge in [0.15, 0.2) is 5.11 Å². The Morgan fingerprint density at radius 2 is 1.88 bits per heavy atom. The predicted molar refractivity (Wildman–Crippen MR) is 103 cm³/mol. The first-order valence-corrected chi connectivity index (χ1v) is 8.42. The number of benzene rings is 2. The van der Waals surface area contributed by atoms with Gasteiger partial charge < -0.3 is 9.88 Å². The summed E-state index contributed by atoms with van der Waals surface area (Å²) in [5.41, 5.74) is 9.19. The fourth-order valence-corrected chi connectivity index (χ4v) is 2.72. The number of rotatable bonds is 4. The lowest BCUT2D eigenvalue weighted by atomic mass is 10.1. The topological polar surface area (TPSA) is 71.0 Å². The van der Waals surface area contributed by atoms with E-state index in [2.05, 4.69) is 28.1 Å². The first kappa shape index (κ1) is 16.9. The third kappa shape index (κ3) is 4.13. The summed E-state index contributed by atoms with van der Waals surface area (Å²) < 4.78 is 1.79. The standard InChI is InChI=1S/C18H19N5OS/c1-2-13-7-3-4-8-14(13)20-18(25)22-21-17(24)11-23-12-19-15-9-5-6-10-16(15)23/h3-10,12H,2,11H2,1H3,(H,21,24)(H2,20,22,25). The maximum absolute atomic E-state index is 12.1. The fraction of sp³-hybridized carbons (Fsp3) is 0.167. The average molecular weight is 353 g/mol. The van der Waals surface area contributed by atoms with Gasteiger partial charge in [-0.3, -0.25) is 15.6 Å². The van der Waals surface area contributed by atoms with E-state index in [1.807, 2.05) is 48.5 Å². The van der Waals surface area contributed by atoms with Crippen LogP contribution in [-0.2, 0) is 17.8 Å². The number of anilines is 1. The summed E-state index contributed by atoms with van der Waals surface area (Å²) in [6.07, 6.45) is 2.55. The molecule has 128 valence electrons. The van der Waals surface area contributed by atoms with E-state index in [-0.39, 0.29) is 12.5 Å². The Bertz CT molecular complexity index is 905. The summed E-state index contributed by atoms with van der Waals surface area (Å²) in [7, 11) is 0. The van der Waals surface area contributed by atoms with Crippen LogP contribution in [-0.4, -0.2) is 20.6 Å². The van der Waals surface area contributed by atoms with Crippen molar-refractivity contribution in [2.75, 3.05) is 5.32 Å². The Hall–Kier alpha value is -2.93. The zero-order valence-corrected chi connectivity index (χ0v) is 14.6. The van der Waals surface area contributed by atoms with E-state index >= 15 is 0 Å². The van der Waals surface area contributed by atoms with E-state index < -0.39 is 0 Å². The summed E-state index contributed by atoms with van der Waals surface area (Å²) in [6, 6.07) is 15.6. The average Bonchev–Trinajstić information content (AvgIpc) is 3.03. The van der Waals surface area contributed by atoms with Crippen molar-refractivity contribution < 1.29 is 4.79 Å². The van der Waals surface area contributed by atoms with Gasteiger partial charge in [-0.15, -0.1) is 0 Å². The monoisotopic (exact) mass is 353 g/mol. The number of nitrogens with zero attached hydrogens (tertiary/aromatic N) is 2. The number of para-hydroxylation sites is 3. The molecule has 3 rings (SSSR count). The van der Waals surface area contributed by atoms with Gasteiger partial charge in [-0.2, -0.15) is 0 Å². The van der Waals surface area contributed by atoms with Crippen LogP contribution in [0, 0.1) is 0 Å². The third-order valence-electron chi connectivity index (χ3n) is 3.80. The molecule has 7 heteroatoms. The van der Waals surface area contributed by atoms with E-state index in [0.717, 1.165) is 28.7 Å². The Morgan fingerprint density at radius 1 is 1.12 bits per heavy atom. The van der Waals surface area contributed by atoms with Crippen molar-refractivity contribution in [2.45, 2.75) is 19.9 Å². The molecule has 1 heterocycles. The number of carbonyl (C=O) groups excluding carboxylic acids is 1. The summed E-state index contributed by atoms with van der Waals surface area (Å²) in [6.45, 7) is 2.23. The zero-order valence-electron chi connectivity index (χ0n) is 13.8. The van der Waals surface area contributed by atoms with Crippen molar-refractivity contribution in [3.63, 3.8) is 0 Å². The zero-order chi connectivity index (χ0) is 17.6. The molecular weight excluding hydrogens is 334 g/mol. The van der Waals surface area contributed by atoms with Gasteiger partial charge in [-0.05, 0) is 42.4 Å². The number of hydrogen-bond donors (Lipinski definition) is 3. The van der Waals surface area contributed by atoms with Crippen LogP contribution in [0.2, 0.25) is 0 Å². The fourth-order valence-electron chi connectivity index (χ4n) is 2.56. The van der Waals surface area contributed by atoms with Crippen LogP contribution < -0.4 is 16.2 Å². The molecule has 1 amide bonds. The number of aromatic nitrogens is 2. The molecule has 0 aliphatic rings. The van der Waals surface area contributed by atoms with Crippen molar-refractivity contribution in [1.82, 2.24) is 20.4 Å². The van der Waals surface area contributed by atoms with E-state index in [4.69, 9.17) is 12.2 Å². The highest BCUT2D eigenvalue weighted by atomic mass is 32.1. The minimum Gasteiger partial charge on any atom is -0.331 e. The van der Waals surface area contributed by atoms with Crippen molar-refractivity contribution in [3.05, 3.63) is 60.4 Å². The van der Waals surface area contributed by atoms with Crippen molar-refractivity contribution in [3.8, 4) is 0 Å². The second-order valence-corrected chi connectivity index (χ2v) is 5.91. The molecule has 0 radical (unpaired) electrons. The van der Waals surface area contributed by atoms with Crippen LogP contribution >= 0.6 is 12.2 Å². The van der Waals surface area contributed by atoms with Crippen molar-refractivity contribution >= 4 is 40.0 Å². The number of carbonyl (C=O) groups is 1. The van der Waals surface area contributed by atoms with Crippen LogP contribution in [0.4, 0.5) is 5.69 Å². The number of amides is 1. The third-order valence-corrected chi connectivity index (χ3v) is 4.01. The lowest BCUT2D eigenvalue weighted by Gasteiger charge is -2.14. The molecular formula is C18H19N5OS. The number of hydrazine groups is 1.